The van der Waals surface area contributed by atoms with Gasteiger partial charge in [0.05, 0.1) is 0 Å². The molecule has 6 atom stereocenters. The van der Waals surface area contributed by atoms with E-state index < -0.39 is 0 Å². The minimum Gasteiger partial charge on any atom is -0.494 e. The van der Waals surface area contributed by atoms with Crippen molar-refractivity contribution in [2.45, 2.75) is 82.3 Å². The van der Waals surface area contributed by atoms with Crippen LogP contribution in [0.2, 0.25) is 0 Å². The number of nitrogens with zero attached hydrogens (tertiary/aromatic N) is 4. The number of benzene rings is 1. The summed E-state index contributed by atoms with van der Waals surface area (Å²) in [6, 6.07) is 11.6. The number of nitrogens with one attached hydrogen (secondary N) is 1. The molecule has 8 nitrogen and oxygen atoms in total. The number of rotatable bonds is 6. The van der Waals surface area contributed by atoms with E-state index in [1.807, 2.05) is 9.47 Å². The molecule has 42 heavy (non-hydrogen) atoms. The van der Waals surface area contributed by atoms with Gasteiger partial charge in [-0.3, -0.25) is 4.57 Å². The molecule has 2 saturated carbocycles. The third-order valence-corrected chi connectivity index (χ3v) is 11.9. The number of hydrogen-bond acceptors (Lipinski definition) is 4. The summed E-state index contributed by atoms with van der Waals surface area (Å²) < 4.78 is 4.33. The number of urea groups is 1. The Morgan fingerprint density at radius 2 is 1.60 bits per heavy atom. The molecule has 3 aliphatic carbocycles. The second-order valence-electron chi connectivity index (χ2n) is 13.9. The van der Waals surface area contributed by atoms with E-state index in [4.69, 9.17) is 0 Å². The van der Waals surface area contributed by atoms with E-state index in [1.54, 1.807) is 0 Å². The second-order valence-corrected chi connectivity index (χ2v) is 13.9. The summed E-state index contributed by atoms with van der Waals surface area (Å²) in [6.45, 7) is 7.68. The minimum atomic E-state index is 0.0138. The molecule has 2 amide bonds. The van der Waals surface area contributed by atoms with Crippen molar-refractivity contribution in [1.29, 1.82) is 0 Å². The summed E-state index contributed by atoms with van der Waals surface area (Å²) in [5.74, 6) is 2.17. The van der Waals surface area contributed by atoms with E-state index in [0.29, 0.717) is 31.0 Å². The summed E-state index contributed by atoms with van der Waals surface area (Å²) in [6.07, 6.45) is 10.4. The Balaban J connectivity index is 0.962. The lowest BCUT2D eigenvalue weighted by Gasteiger charge is -2.39. The highest BCUT2D eigenvalue weighted by Gasteiger charge is 2.56. The first-order valence-electron chi connectivity index (χ1n) is 16.5. The first-order chi connectivity index (χ1) is 20.5. The van der Waals surface area contributed by atoms with Crippen molar-refractivity contribution < 1.29 is 15.0 Å². The lowest BCUT2D eigenvalue weighted by atomic mass is 9.78. The molecule has 0 spiro atoms. The Morgan fingerprint density at radius 3 is 2.33 bits per heavy atom. The molecule has 5 aliphatic rings. The maximum Gasteiger partial charge on any atom is 0.317 e. The number of amides is 2. The van der Waals surface area contributed by atoms with Crippen LogP contribution in [-0.2, 0) is 6.54 Å². The predicted molar refractivity (Wildman–Crippen MR) is 163 cm³/mol. The van der Waals surface area contributed by atoms with E-state index >= 15 is 0 Å². The van der Waals surface area contributed by atoms with Crippen LogP contribution in [0.1, 0.15) is 80.9 Å². The number of aromatic nitrogens is 2. The molecular weight excluding hydrogens is 526 g/mol. The van der Waals surface area contributed by atoms with E-state index in [2.05, 4.69) is 58.2 Å². The topological polar surface area (TPSA) is 85.9 Å². The quantitative estimate of drug-likeness (QED) is 0.359. The fraction of sp³-hybridized carbons (Fsp3) is 0.618. The molecule has 8 rings (SSSR count). The molecular formula is C34H45N5O3. The van der Waals surface area contributed by atoms with E-state index in [-0.39, 0.29) is 41.6 Å². The number of para-hydroxylation sites is 1. The molecule has 224 valence electrons. The molecule has 2 aromatic heterocycles. The zero-order chi connectivity index (χ0) is 28.5. The number of carbonyl (C=O) groups excluding carboxylic acids is 1. The van der Waals surface area contributed by atoms with Crippen molar-refractivity contribution in [2.24, 2.45) is 17.8 Å². The highest BCUT2D eigenvalue weighted by molar-refractivity contribution is 5.80. The van der Waals surface area contributed by atoms with E-state index in [1.165, 1.54) is 43.0 Å². The van der Waals surface area contributed by atoms with Crippen LogP contribution in [0.5, 0.6) is 11.8 Å². The molecule has 4 heterocycles. The van der Waals surface area contributed by atoms with Crippen LogP contribution < -0.4 is 5.32 Å². The van der Waals surface area contributed by atoms with Gasteiger partial charge in [-0.05, 0) is 73.3 Å². The predicted octanol–water partition coefficient (Wildman–Crippen LogP) is 5.61. The van der Waals surface area contributed by atoms with Crippen molar-refractivity contribution >= 4 is 16.9 Å². The largest absolute Gasteiger partial charge is 0.494 e. The molecule has 4 fully saturated rings. The normalized spacial score (nSPS) is 31.7. The SMILES string of the molecule is CC1C2CC(c3c2c(O)n(C[C@@H]2CCCC[C@H]2CN2CCC(n4ccc5ccccc54)CC2)c3O)C1N1CCNC1=O. The average molecular weight is 572 g/mol. The highest BCUT2D eigenvalue weighted by atomic mass is 16.3. The third-order valence-electron chi connectivity index (χ3n) is 11.9. The molecule has 2 saturated heterocycles. The maximum atomic E-state index is 12.5. The van der Waals surface area contributed by atoms with Crippen molar-refractivity contribution in [3.05, 3.63) is 47.7 Å². The standard InChI is InChI=1S/C34H45N5O3/c1-21-26-18-27(31(21)38-17-13-35-34(38)42)30-29(26)32(40)39(33(30)41)20-24-8-3-2-7-23(24)19-36-14-11-25(12-15-36)37-16-10-22-6-4-5-9-28(22)37/h4-6,9-10,16,21,23-27,31,40-41H,2-3,7-8,11-15,17-20H2,1H3,(H,35,42)/t21?,23-,24-,26?,27?,31?/m0/s1. The Morgan fingerprint density at radius 1 is 0.881 bits per heavy atom. The van der Waals surface area contributed by atoms with Crippen LogP contribution in [0.25, 0.3) is 10.9 Å². The van der Waals surface area contributed by atoms with Gasteiger partial charge in [0, 0.05) is 80.1 Å². The van der Waals surface area contributed by atoms with Gasteiger partial charge in [-0.1, -0.05) is 38.0 Å². The van der Waals surface area contributed by atoms with Crippen molar-refractivity contribution in [1.82, 2.24) is 24.3 Å². The Bertz CT molecular complexity index is 1490. The zero-order valence-electron chi connectivity index (χ0n) is 24.8. The smallest absolute Gasteiger partial charge is 0.317 e. The molecule has 1 aromatic carbocycles. The van der Waals surface area contributed by atoms with E-state index in [9.17, 15) is 15.0 Å². The van der Waals surface area contributed by atoms with Gasteiger partial charge in [-0.2, -0.15) is 0 Å². The van der Waals surface area contributed by atoms with Crippen LogP contribution >= 0.6 is 0 Å². The maximum absolute atomic E-state index is 12.5. The van der Waals surface area contributed by atoms with Gasteiger partial charge in [0.2, 0.25) is 0 Å². The summed E-state index contributed by atoms with van der Waals surface area (Å²) in [7, 11) is 0. The van der Waals surface area contributed by atoms with E-state index in [0.717, 1.165) is 50.1 Å². The first kappa shape index (κ1) is 26.5. The fourth-order valence-electron chi connectivity index (χ4n) is 9.84. The Hall–Kier alpha value is -3.13. The third kappa shape index (κ3) is 4.08. The molecule has 3 aromatic rings. The summed E-state index contributed by atoms with van der Waals surface area (Å²) in [4.78, 5) is 17.2. The number of aromatic hydroxyl groups is 2. The van der Waals surface area contributed by atoms with Crippen LogP contribution in [0.3, 0.4) is 0 Å². The summed E-state index contributed by atoms with van der Waals surface area (Å²) in [5, 5.41) is 27.4. The Labute approximate surface area is 248 Å². The van der Waals surface area contributed by atoms with Gasteiger partial charge in [0.1, 0.15) is 0 Å². The van der Waals surface area contributed by atoms with Crippen LogP contribution in [0.15, 0.2) is 36.5 Å². The minimum absolute atomic E-state index is 0.0138. The Kier molecular flexibility index (Phi) is 6.47. The molecule has 0 radical (unpaired) electrons. The number of fused-ring (bicyclic) bond motifs is 6. The van der Waals surface area contributed by atoms with Crippen LogP contribution in [0.4, 0.5) is 4.79 Å². The molecule has 2 aliphatic heterocycles. The van der Waals surface area contributed by atoms with Gasteiger partial charge in [0.15, 0.2) is 11.8 Å². The highest BCUT2D eigenvalue weighted by Crippen LogP contribution is 2.63. The van der Waals surface area contributed by atoms with Crippen LogP contribution in [-0.4, -0.2) is 73.9 Å². The number of carbonyl (C=O) groups is 1. The van der Waals surface area contributed by atoms with Crippen LogP contribution in [0, 0.1) is 17.8 Å². The fourth-order valence-corrected chi connectivity index (χ4v) is 9.84. The average Bonchev–Trinajstić information content (AvgIpc) is 3.81. The van der Waals surface area contributed by atoms with Crippen molar-refractivity contribution in [3.63, 3.8) is 0 Å². The first-order valence-corrected chi connectivity index (χ1v) is 16.5. The molecule has 4 unspecified atom stereocenters. The van der Waals surface area contributed by atoms with Crippen molar-refractivity contribution in [2.75, 3.05) is 32.7 Å². The van der Waals surface area contributed by atoms with Gasteiger partial charge in [-0.15, -0.1) is 0 Å². The summed E-state index contributed by atoms with van der Waals surface area (Å²) in [5.41, 5.74) is 3.24. The molecule has 2 bridgehead atoms. The lowest BCUT2D eigenvalue weighted by Crippen LogP contribution is -2.44. The molecule has 8 heteroatoms. The number of piperidine rings is 1. The molecule has 3 N–H and O–H groups in total. The van der Waals surface area contributed by atoms with Crippen molar-refractivity contribution in [3.8, 4) is 11.8 Å². The van der Waals surface area contributed by atoms with Gasteiger partial charge in [-0.25, -0.2) is 4.79 Å². The second kappa shape index (κ2) is 10.2. The monoisotopic (exact) mass is 571 g/mol. The van der Waals surface area contributed by atoms with Gasteiger partial charge in [0.25, 0.3) is 0 Å². The number of hydrogen-bond donors (Lipinski definition) is 3. The van der Waals surface area contributed by atoms with Gasteiger partial charge < -0.3 is 29.9 Å². The summed E-state index contributed by atoms with van der Waals surface area (Å²) >= 11 is 0. The van der Waals surface area contributed by atoms with Gasteiger partial charge >= 0.3 is 6.03 Å². The number of likely N-dealkylation sites (tertiary alicyclic amines) is 1. The zero-order valence-corrected chi connectivity index (χ0v) is 24.8. The lowest BCUT2D eigenvalue weighted by molar-refractivity contribution is 0.109.